The second kappa shape index (κ2) is 8.05. The molecule has 0 atom stereocenters. The van der Waals surface area contributed by atoms with Crippen LogP contribution in [-0.2, 0) is 13.6 Å². The van der Waals surface area contributed by atoms with E-state index >= 15 is 0 Å². The number of aromatic nitrogens is 5. The van der Waals surface area contributed by atoms with Crippen LogP contribution in [0.3, 0.4) is 0 Å². The summed E-state index contributed by atoms with van der Waals surface area (Å²) >= 11 is 0. The molecule has 0 saturated heterocycles. The molecule has 0 aliphatic heterocycles. The third kappa shape index (κ3) is 4.06. The molecule has 8 heteroatoms. The predicted octanol–water partition coefficient (Wildman–Crippen LogP) is 2.91. The van der Waals surface area contributed by atoms with E-state index in [2.05, 4.69) is 20.4 Å². The molecule has 0 unspecified atom stereocenters. The summed E-state index contributed by atoms with van der Waals surface area (Å²) in [5.41, 5.74) is 2.75. The number of halogens is 1. The van der Waals surface area contributed by atoms with Crippen LogP contribution in [0.1, 0.15) is 10.5 Å². The number of nitrogens with zero attached hydrogens (tertiary/aromatic N) is 5. The summed E-state index contributed by atoms with van der Waals surface area (Å²) in [6.45, 7) is 0.858. The monoisotopic (exact) mass is 390 g/mol. The predicted molar refractivity (Wildman–Crippen MR) is 106 cm³/mol. The van der Waals surface area contributed by atoms with E-state index in [1.165, 1.54) is 12.1 Å². The minimum atomic E-state index is -0.295. The van der Waals surface area contributed by atoms with Crippen molar-refractivity contribution in [2.24, 2.45) is 7.05 Å². The molecule has 4 aromatic rings. The largest absolute Gasteiger partial charge is 0.349 e. The summed E-state index contributed by atoms with van der Waals surface area (Å²) in [5.74, 6) is 0.179. The van der Waals surface area contributed by atoms with Crippen LogP contribution in [0.25, 0.3) is 22.6 Å². The highest BCUT2D eigenvalue weighted by Gasteiger charge is 2.17. The Hall–Kier alpha value is -3.81. The number of amides is 1. The fraction of sp³-hybridized carbons (Fsp3) is 0.143. The first kappa shape index (κ1) is 18.5. The van der Waals surface area contributed by atoms with Gasteiger partial charge in [-0.15, -0.1) is 0 Å². The zero-order valence-corrected chi connectivity index (χ0v) is 15.8. The summed E-state index contributed by atoms with van der Waals surface area (Å²) in [5, 5.41) is 7.49. The molecule has 0 radical (unpaired) electrons. The SMILES string of the molecule is Cn1ccnc1-c1nn(CCNC(=O)c2ccccn2)cc1-c1ccc(F)cc1. The van der Waals surface area contributed by atoms with Crippen molar-refractivity contribution in [2.75, 3.05) is 6.54 Å². The van der Waals surface area contributed by atoms with E-state index in [1.54, 1.807) is 47.4 Å². The van der Waals surface area contributed by atoms with Crippen molar-refractivity contribution in [1.29, 1.82) is 0 Å². The highest BCUT2D eigenvalue weighted by Crippen LogP contribution is 2.30. The normalized spacial score (nSPS) is 10.8. The van der Waals surface area contributed by atoms with Crippen LogP contribution in [-0.4, -0.2) is 36.8 Å². The molecular formula is C21H19FN6O. The topological polar surface area (TPSA) is 77.6 Å². The quantitative estimate of drug-likeness (QED) is 0.549. The lowest BCUT2D eigenvalue weighted by atomic mass is 10.1. The number of pyridine rings is 1. The van der Waals surface area contributed by atoms with Crippen LogP contribution in [0, 0.1) is 5.82 Å². The smallest absolute Gasteiger partial charge is 0.269 e. The van der Waals surface area contributed by atoms with Gasteiger partial charge in [-0.3, -0.25) is 14.5 Å². The molecule has 0 aliphatic rings. The zero-order chi connectivity index (χ0) is 20.2. The minimum Gasteiger partial charge on any atom is -0.349 e. The lowest BCUT2D eigenvalue weighted by Crippen LogP contribution is -2.28. The molecule has 3 aromatic heterocycles. The lowest BCUT2D eigenvalue weighted by molar-refractivity contribution is 0.0947. The van der Waals surface area contributed by atoms with Crippen LogP contribution in [0.2, 0.25) is 0 Å². The molecule has 29 heavy (non-hydrogen) atoms. The fourth-order valence-electron chi connectivity index (χ4n) is 3.01. The van der Waals surface area contributed by atoms with Gasteiger partial charge >= 0.3 is 0 Å². The van der Waals surface area contributed by atoms with Crippen molar-refractivity contribution >= 4 is 5.91 Å². The van der Waals surface area contributed by atoms with Crippen LogP contribution in [0.15, 0.2) is 67.3 Å². The van der Waals surface area contributed by atoms with Gasteiger partial charge in [-0.05, 0) is 29.8 Å². The molecule has 0 saturated carbocycles. The minimum absolute atomic E-state index is 0.235. The number of rotatable bonds is 6. The standard InChI is InChI=1S/C21H19FN6O/c1-27-12-10-24-20(27)19-17(15-5-7-16(22)8-6-15)14-28(26-19)13-11-25-21(29)18-4-2-3-9-23-18/h2-10,12,14H,11,13H2,1H3,(H,25,29). The van der Waals surface area contributed by atoms with Gasteiger partial charge in [0.25, 0.3) is 5.91 Å². The fourth-order valence-corrected chi connectivity index (χ4v) is 3.01. The summed E-state index contributed by atoms with van der Waals surface area (Å²) < 4.78 is 17.0. The van der Waals surface area contributed by atoms with E-state index in [0.717, 1.165) is 11.1 Å². The van der Waals surface area contributed by atoms with Crippen molar-refractivity contribution in [3.63, 3.8) is 0 Å². The van der Waals surface area contributed by atoms with Gasteiger partial charge in [0.05, 0.1) is 6.54 Å². The lowest BCUT2D eigenvalue weighted by Gasteiger charge is -2.04. The van der Waals surface area contributed by atoms with Crippen LogP contribution in [0.4, 0.5) is 4.39 Å². The van der Waals surface area contributed by atoms with Crippen LogP contribution >= 0.6 is 0 Å². The maximum Gasteiger partial charge on any atom is 0.269 e. The third-order valence-corrected chi connectivity index (χ3v) is 4.47. The number of aryl methyl sites for hydroxylation is 1. The van der Waals surface area contributed by atoms with E-state index in [-0.39, 0.29) is 11.7 Å². The average molecular weight is 390 g/mol. The molecule has 0 aliphatic carbocycles. The number of nitrogens with one attached hydrogen (secondary N) is 1. The zero-order valence-electron chi connectivity index (χ0n) is 15.8. The summed E-state index contributed by atoms with van der Waals surface area (Å²) in [6, 6.07) is 11.5. The van der Waals surface area contributed by atoms with E-state index in [0.29, 0.717) is 30.3 Å². The van der Waals surface area contributed by atoms with Crippen LogP contribution < -0.4 is 5.32 Å². The maximum absolute atomic E-state index is 13.3. The van der Waals surface area contributed by atoms with E-state index in [4.69, 9.17) is 0 Å². The second-order valence-corrected chi connectivity index (χ2v) is 6.49. The first-order chi connectivity index (χ1) is 14.1. The Morgan fingerprint density at radius 1 is 1.10 bits per heavy atom. The molecular weight excluding hydrogens is 371 g/mol. The van der Waals surface area contributed by atoms with Crippen molar-refractivity contribution in [1.82, 2.24) is 29.6 Å². The molecule has 0 bridgehead atoms. The van der Waals surface area contributed by atoms with Gasteiger partial charge in [0.15, 0.2) is 5.82 Å². The molecule has 3 heterocycles. The molecule has 0 fully saturated rings. The number of benzene rings is 1. The molecule has 0 spiro atoms. The van der Waals surface area contributed by atoms with Gasteiger partial charge < -0.3 is 9.88 Å². The third-order valence-electron chi connectivity index (χ3n) is 4.47. The number of carbonyl (C=O) groups excluding carboxylic acids is 1. The molecule has 1 amide bonds. The molecule has 146 valence electrons. The second-order valence-electron chi connectivity index (χ2n) is 6.49. The molecule has 4 rings (SSSR count). The highest BCUT2D eigenvalue weighted by molar-refractivity contribution is 5.92. The van der Waals surface area contributed by atoms with Gasteiger partial charge in [0.2, 0.25) is 0 Å². The Kier molecular flexibility index (Phi) is 5.15. The number of imidazole rings is 1. The Morgan fingerprint density at radius 2 is 1.93 bits per heavy atom. The Labute approximate surface area is 166 Å². The van der Waals surface area contributed by atoms with Crippen molar-refractivity contribution in [2.45, 2.75) is 6.54 Å². The highest BCUT2D eigenvalue weighted by atomic mass is 19.1. The van der Waals surface area contributed by atoms with Gasteiger partial charge in [0, 0.05) is 43.9 Å². The van der Waals surface area contributed by atoms with Gasteiger partial charge in [-0.1, -0.05) is 18.2 Å². The first-order valence-corrected chi connectivity index (χ1v) is 9.12. The molecule has 1 aromatic carbocycles. The number of hydrogen-bond donors (Lipinski definition) is 1. The summed E-state index contributed by atoms with van der Waals surface area (Å²) in [7, 11) is 1.89. The summed E-state index contributed by atoms with van der Waals surface area (Å²) in [4.78, 5) is 20.6. The van der Waals surface area contributed by atoms with Crippen molar-refractivity contribution in [3.8, 4) is 22.6 Å². The first-order valence-electron chi connectivity index (χ1n) is 9.12. The Morgan fingerprint density at radius 3 is 2.62 bits per heavy atom. The maximum atomic E-state index is 13.3. The van der Waals surface area contributed by atoms with Gasteiger partial charge in [-0.2, -0.15) is 5.10 Å². The molecule has 1 N–H and O–H groups in total. The van der Waals surface area contributed by atoms with Crippen molar-refractivity contribution < 1.29 is 9.18 Å². The Bertz CT molecular complexity index is 1120. The summed E-state index contributed by atoms with van der Waals surface area (Å²) in [6.07, 6.45) is 7.01. The van der Waals surface area contributed by atoms with E-state index in [1.807, 2.05) is 24.0 Å². The van der Waals surface area contributed by atoms with Crippen LogP contribution in [0.5, 0.6) is 0 Å². The van der Waals surface area contributed by atoms with Gasteiger partial charge in [0.1, 0.15) is 17.2 Å². The van der Waals surface area contributed by atoms with Gasteiger partial charge in [-0.25, -0.2) is 9.37 Å². The van der Waals surface area contributed by atoms with Crippen molar-refractivity contribution in [3.05, 3.63) is 78.8 Å². The van der Waals surface area contributed by atoms with E-state index in [9.17, 15) is 9.18 Å². The number of hydrogen-bond acceptors (Lipinski definition) is 4. The molecule has 7 nitrogen and oxygen atoms in total. The van der Waals surface area contributed by atoms with E-state index < -0.39 is 0 Å². The number of carbonyl (C=O) groups is 1. The Balaban J connectivity index is 1.56. The average Bonchev–Trinajstić information content (AvgIpc) is 3.35.